The molecule has 0 atom stereocenters. The number of para-hydroxylation sites is 3. The Morgan fingerprint density at radius 1 is 1.05 bits per heavy atom. The number of nitrogen functional groups attached to an aromatic ring is 1. The van der Waals surface area contributed by atoms with E-state index in [0.717, 1.165) is 5.56 Å². The fraction of sp³-hybridized carbons (Fsp3) is 0.143. The molecular formula is C14H14F2N2O. The molecule has 100 valence electrons. The van der Waals surface area contributed by atoms with Gasteiger partial charge in [-0.05, 0) is 30.7 Å². The predicted octanol–water partition coefficient (Wildman–Crippen LogP) is 3.92. The maximum absolute atomic E-state index is 12.3. The monoisotopic (exact) mass is 264 g/mol. The summed E-state index contributed by atoms with van der Waals surface area (Å²) in [6.45, 7) is -0.986. The van der Waals surface area contributed by atoms with E-state index in [1.54, 1.807) is 24.3 Å². The third-order valence-electron chi connectivity index (χ3n) is 2.70. The largest absolute Gasteiger partial charge is 0.433 e. The van der Waals surface area contributed by atoms with Crippen molar-refractivity contribution in [2.24, 2.45) is 0 Å². The second-order valence-corrected chi connectivity index (χ2v) is 4.04. The van der Waals surface area contributed by atoms with Gasteiger partial charge in [-0.3, -0.25) is 0 Å². The molecule has 0 aliphatic carbocycles. The SMILES string of the molecule is Cc1cccc(Nc2ccccc2OC(F)F)c1N. The van der Waals surface area contributed by atoms with E-state index in [1.165, 1.54) is 6.07 Å². The summed E-state index contributed by atoms with van der Waals surface area (Å²) in [7, 11) is 0. The van der Waals surface area contributed by atoms with E-state index in [9.17, 15) is 8.78 Å². The minimum atomic E-state index is -2.86. The van der Waals surface area contributed by atoms with Crippen molar-refractivity contribution >= 4 is 17.1 Å². The number of alkyl halides is 2. The summed E-state index contributed by atoms with van der Waals surface area (Å²) in [6, 6.07) is 12.0. The van der Waals surface area contributed by atoms with E-state index in [-0.39, 0.29) is 5.75 Å². The maximum Gasteiger partial charge on any atom is 0.387 e. The van der Waals surface area contributed by atoms with Gasteiger partial charge in [0.25, 0.3) is 0 Å². The van der Waals surface area contributed by atoms with Gasteiger partial charge in [-0.1, -0.05) is 24.3 Å². The lowest BCUT2D eigenvalue weighted by molar-refractivity contribution is -0.0493. The van der Waals surface area contributed by atoms with E-state index in [1.807, 2.05) is 19.1 Å². The van der Waals surface area contributed by atoms with Crippen molar-refractivity contribution in [3.05, 3.63) is 48.0 Å². The molecule has 0 aromatic heterocycles. The normalized spacial score (nSPS) is 10.5. The van der Waals surface area contributed by atoms with Crippen molar-refractivity contribution in [1.29, 1.82) is 0 Å². The number of nitrogens with two attached hydrogens (primary N) is 1. The van der Waals surface area contributed by atoms with Crippen LogP contribution in [0.25, 0.3) is 0 Å². The second kappa shape index (κ2) is 5.56. The maximum atomic E-state index is 12.3. The molecule has 3 nitrogen and oxygen atoms in total. The van der Waals surface area contributed by atoms with Crippen molar-refractivity contribution in [3.63, 3.8) is 0 Å². The number of halogens is 2. The number of rotatable bonds is 4. The van der Waals surface area contributed by atoms with Crippen molar-refractivity contribution in [2.75, 3.05) is 11.1 Å². The van der Waals surface area contributed by atoms with E-state index in [4.69, 9.17) is 5.73 Å². The fourth-order valence-corrected chi connectivity index (χ4v) is 1.70. The van der Waals surface area contributed by atoms with E-state index in [0.29, 0.717) is 17.1 Å². The highest BCUT2D eigenvalue weighted by Gasteiger charge is 2.10. The molecule has 0 fully saturated rings. The fourth-order valence-electron chi connectivity index (χ4n) is 1.70. The second-order valence-electron chi connectivity index (χ2n) is 4.04. The summed E-state index contributed by atoms with van der Waals surface area (Å²) in [5, 5.41) is 3.00. The number of ether oxygens (including phenoxy) is 1. The van der Waals surface area contributed by atoms with Gasteiger partial charge in [-0.2, -0.15) is 8.78 Å². The summed E-state index contributed by atoms with van der Waals surface area (Å²) in [4.78, 5) is 0. The minimum absolute atomic E-state index is 0.0819. The van der Waals surface area contributed by atoms with E-state index < -0.39 is 6.61 Å². The smallest absolute Gasteiger partial charge is 0.387 e. The van der Waals surface area contributed by atoms with Gasteiger partial charge < -0.3 is 15.8 Å². The molecule has 5 heteroatoms. The third-order valence-corrected chi connectivity index (χ3v) is 2.70. The Morgan fingerprint density at radius 3 is 2.47 bits per heavy atom. The van der Waals surface area contributed by atoms with Gasteiger partial charge in [0.05, 0.1) is 17.1 Å². The van der Waals surface area contributed by atoms with Crippen LogP contribution >= 0.6 is 0 Å². The van der Waals surface area contributed by atoms with Gasteiger partial charge in [0.1, 0.15) is 5.75 Å². The molecular weight excluding hydrogens is 250 g/mol. The van der Waals surface area contributed by atoms with Crippen molar-refractivity contribution in [3.8, 4) is 5.75 Å². The van der Waals surface area contributed by atoms with Gasteiger partial charge in [-0.25, -0.2) is 0 Å². The Balaban J connectivity index is 2.30. The zero-order valence-electron chi connectivity index (χ0n) is 10.4. The molecule has 2 aromatic rings. The van der Waals surface area contributed by atoms with Gasteiger partial charge >= 0.3 is 6.61 Å². The molecule has 0 bridgehead atoms. The first-order valence-corrected chi connectivity index (χ1v) is 5.74. The number of aryl methyl sites for hydroxylation is 1. The number of nitrogens with one attached hydrogen (secondary N) is 1. The molecule has 0 heterocycles. The van der Waals surface area contributed by atoms with Crippen molar-refractivity contribution in [2.45, 2.75) is 13.5 Å². The van der Waals surface area contributed by atoms with Crippen LogP contribution < -0.4 is 15.8 Å². The average molecular weight is 264 g/mol. The summed E-state index contributed by atoms with van der Waals surface area (Å²) < 4.78 is 29.1. The standard InChI is InChI=1S/C14H14F2N2O/c1-9-5-4-7-11(13(9)17)18-10-6-2-3-8-12(10)19-14(15)16/h2-8,14,18H,17H2,1H3. The van der Waals surface area contributed by atoms with Gasteiger partial charge in [0.2, 0.25) is 0 Å². The highest BCUT2D eigenvalue weighted by molar-refractivity contribution is 5.77. The summed E-state index contributed by atoms with van der Waals surface area (Å²) >= 11 is 0. The summed E-state index contributed by atoms with van der Waals surface area (Å²) in [5.41, 5.74) is 8.52. The summed E-state index contributed by atoms with van der Waals surface area (Å²) in [6.07, 6.45) is 0. The highest BCUT2D eigenvalue weighted by atomic mass is 19.3. The van der Waals surface area contributed by atoms with Crippen LogP contribution in [-0.4, -0.2) is 6.61 Å². The summed E-state index contributed by atoms with van der Waals surface area (Å²) in [5.74, 6) is 0.0819. The lowest BCUT2D eigenvalue weighted by atomic mass is 10.1. The van der Waals surface area contributed by atoms with Crippen LogP contribution in [0.3, 0.4) is 0 Å². The van der Waals surface area contributed by atoms with Crippen LogP contribution in [0.5, 0.6) is 5.75 Å². The van der Waals surface area contributed by atoms with E-state index >= 15 is 0 Å². The van der Waals surface area contributed by atoms with Crippen LogP contribution in [0.15, 0.2) is 42.5 Å². The zero-order chi connectivity index (χ0) is 13.8. The molecule has 2 rings (SSSR count). The van der Waals surface area contributed by atoms with Crippen LogP contribution in [0.2, 0.25) is 0 Å². The third kappa shape index (κ3) is 3.13. The Bertz CT molecular complexity index is 573. The van der Waals surface area contributed by atoms with Crippen LogP contribution in [-0.2, 0) is 0 Å². The molecule has 0 aliphatic rings. The average Bonchev–Trinajstić information content (AvgIpc) is 2.36. The number of anilines is 3. The quantitative estimate of drug-likeness (QED) is 0.823. The predicted molar refractivity (Wildman–Crippen MR) is 71.9 cm³/mol. The van der Waals surface area contributed by atoms with Crippen LogP contribution in [0, 0.1) is 6.92 Å². The van der Waals surface area contributed by atoms with Crippen molar-refractivity contribution in [1.82, 2.24) is 0 Å². The zero-order valence-corrected chi connectivity index (χ0v) is 10.4. The van der Waals surface area contributed by atoms with Crippen LogP contribution in [0.1, 0.15) is 5.56 Å². The van der Waals surface area contributed by atoms with Gasteiger partial charge in [-0.15, -0.1) is 0 Å². The Hall–Kier alpha value is -2.30. The minimum Gasteiger partial charge on any atom is -0.433 e. The molecule has 19 heavy (non-hydrogen) atoms. The molecule has 0 spiro atoms. The molecule has 0 saturated carbocycles. The topological polar surface area (TPSA) is 47.3 Å². The number of hydrogen-bond donors (Lipinski definition) is 2. The van der Waals surface area contributed by atoms with E-state index in [2.05, 4.69) is 10.1 Å². The lowest BCUT2D eigenvalue weighted by Gasteiger charge is -2.14. The molecule has 0 radical (unpaired) electrons. The first-order chi connectivity index (χ1) is 9.08. The number of benzene rings is 2. The Morgan fingerprint density at radius 2 is 1.74 bits per heavy atom. The molecule has 0 aliphatic heterocycles. The van der Waals surface area contributed by atoms with Crippen molar-refractivity contribution < 1.29 is 13.5 Å². The Labute approximate surface area is 110 Å². The Kier molecular flexibility index (Phi) is 3.85. The van der Waals surface area contributed by atoms with Gasteiger partial charge in [0.15, 0.2) is 0 Å². The highest BCUT2D eigenvalue weighted by Crippen LogP contribution is 2.31. The molecule has 2 aromatic carbocycles. The molecule has 0 amide bonds. The number of hydrogen-bond acceptors (Lipinski definition) is 3. The first-order valence-electron chi connectivity index (χ1n) is 5.74. The molecule has 0 saturated heterocycles. The van der Waals surface area contributed by atoms with Gasteiger partial charge in [0, 0.05) is 0 Å². The first kappa shape index (κ1) is 13.1. The van der Waals surface area contributed by atoms with Crippen LogP contribution in [0.4, 0.5) is 25.8 Å². The molecule has 3 N–H and O–H groups in total. The molecule has 0 unspecified atom stereocenters. The lowest BCUT2D eigenvalue weighted by Crippen LogP contribution is -2.05.